The topological polar surface area (TPSA) is 45.2 Å². The molecule has 1 N–H and O–H groups in total. The van der Waals surface area contributed by atoms with Crippen LogP contribution in [0.4, 0.5) is 0 Å². The van der Waals surface area contributed by atoms with Gasteiger partial charge >= 0.3 is 0 Å². The lowest BCUT2D eigenvalue weighted by Gasteiger charge is -2.36. The van der Waals surface area contributed by atoms with Crippen molar-refractivity contribution < 1.29 is 4.79 Å². The monoisotopic (exact) mass is 395 g/mol. The minimum absolute atomic E-state index is 0.158. The summed E-state index contributed by atoms with van der Waals surface area (Å²) in [5, 5.41) is 1.79. The third kappa shape index (κ3) is 5.14. The molecular weight excluding hydrogens is 377 g/mol. The molecule has 132 valence electrons. The van der Waals surface area contributed by atoms with Gasteiger partial charge < -0.3 is 0 Å². The molecule has 4 nitrogen and oxygen atoms in total. The number of aryl methyl sites for hydroxylation is 1. The lowest BCUT2D eigenvalue weighted by Crippen LogP contribution is -2.55. The Labute approximate surface area is 163 Å². The number of nitrogens with zero attached hydrogens (tertiary/aromatic N) is 2. The Morgan fingerprint density at radius 2 is 1.60 bits per heavy atom. The van der Waals surface area contributed by atoms with E-state index in [4.69, 9.17) is 35.4 Å². The second-order valence-electron chi connectivity index (χ2n) is 6.62. The highest BCUT2D eigenvalue weighted by Crippen LogP contribution is 2.20. The summed E-state index contributed by atoms with van der Waals surface area (Å²) >= 11 is 17.3. The van der Waals surface area contributed by atoms with E-state index in [1.807, 2.05) is 52.0 Å². The Kier molecular flexibility index (Phi) is 6.03. The number of carbonyl (C=O) groups excluding carboxylic acids is 1. The normalized spacial score (nSPS) is 11.1. The SMILES string of the molecule is Cc1ccc(C(=S)NN(C(=O)c2cc(Cl)nc(Cl)c2)C(C)(C)C)cc1. The summed E-state index contributed by atoms with van der Waals surface area (Å²) in [6.07, 6.45) is 0. The van der Waals surface area contributed by atoms with Crippen LogP contribution in [0.2, 0.25) is 10.3 Å². The summed E-state index contributed by atoms with van der Waals surface area (Å²) in [5.74, 6) is -0.298. The number of pyridine rings is 1. The van der Waals surface area contributed by atoms with E-state index < -0.39 is 5.54 Å². The Morgan fingerprint density at radius 3 is 2.08 bits per heavy atom. The molecule has 0 fully saturated rings. The molecule has 1 aromatic heterocycles. The second kappa shape index (κ2) is 7.68. The first-order valence-electron chi connectivity index (χ1n) is 7.63. The van der Waals surface area contributed by atoms with E-state index in [1.54, 1.807) is 0 Å². The van der Waals surface area contributed by atoms with Gasteiger partial charge in [-0.3, -0.25) is 10.2 Å². The Hall–Kier alpha value is -1.69. The molecule has 2 rings (SSSR count). The van der Waals surface area contributed by atoms with Gasteiger partial charge in [-0.05, 0) is 39.8 Å². The Morgan fingerprint density at radius 1 is 1.08 bits per heavy atom. The fourth-order valence-electron chi connectivity index (χ4n) is 2.11. The predicted molar refractivity (Wildman–Crippen MR) is 106 cm³/mol. The molecule has 1 amide bonds. The largest absolute Gasteiger partial charge is 0.284 e. The summed E-state index contributed by atoms with van der Waals surface area (Å²) in [7, 11) is 0. The molecule has 0 saturated carbocycles. The maximum atomic E-state index is 13.0. The smallest absolute Gasteiger partial charge is 0.272 e. The van der Waals surface area contributed by atoms with Crippen molar-refractivity contribution in [2.24, 2.45) is 0 Å². The van der Waals surface area contributed by atoms with Crippen LogP contribution < -0.4 is 5.43 Å². The zero-order chi connectivity index (χ0) is 18.8. The molecule has 0 bridgehead atoms. The molecule has 0 aliphatic heterocycles. The van der Waals surface area contributed by atoms with Gasteiger partial charge in [-0.1, -0.05) is 65.2 Å². The number of aromatic nitrogens is 1. The number of thiocarbonyl (C=S) groups is 1. The summed E-state index contributed by atoms with van der Waals surface area (Å²) in [6, 6.07) is 10.7. The number of hydrogen-bond donors (Lipinski definition) is 1. The van der Waals surface area contributed by atoms with Crippen molar-refractivity contribution in [1.82, 2.24) is 15.4 Å². The maximum Gasteiger partial charge on any atom is 0.272 e. The zero-order valence-corrected chi connectivity index (χ0v) is 16.8. The molecule has 1 aromatic carbocycles. The van der Waals surface area contributed by atoms with Crippen LogP contribution in [0.25, 0.3) is 0 Å². The Bertz CT molecular complexity index is 781. The number of rotatable bonds is 2. The first kappa shape index (κ1) is 19.6. The number of nitrogens with one attached hydrogen (secondary N) is 1. The average Bonchev–Trinajstić information content (AvgIpc) is 2.50. The Balaban J connectivity index is 2.31. The zero-order valence-electron chi connectivity index (χ0n) is 14.4. The summed E-state index contributed by atoms with van der Waals surface area (Å²) in [6.45, 7) is 7.71. The molecule has 0 aliphatic rings. The van der Waals surface area contributed by atoms with Crippen LogP contribution >= 0.6 is 35.4 Å². The number of halogens is 2. The summed E-state index contributed by atoms with van der Waals surface area (Å²) in [5.41, 5.74) is 4.80. The van der Waals surface area contributed by atoms with E-state index in [0.29, 0.717) is 10.6 Å². The van der Waals surface area contributed by atoms with E-state index >= 15 is 0 Å². The van der Waals surface area contributed by atoms with E-state index in [2.05, 4.69) is 10.4 Å². The molecule has 7 heteroatoms. The lowest BCUT2D eigenvalue weighted by atomic mass is 10.1. The number of hydrogen-bond acceptors (Lipinski definition) is 3. The fraction of sp³-hybridized carbons (Fsp3) is 0.278. The van der Waals surface area contributed by atoms with Gasteiger partial charge in [0, 0.05) is 11.1 Å². The highest BCUT2D eigenvalue weighted by Gasteiger charge is 2.29. The molecule has 0 aliphatic carbocycles. The van der Waals surface area contributed by atoms with Gasteiger partial charge in [0.1, 0.15) is 15.3 Å². The molecule has 0 spiro atoms. The van der Waals surface area contributed by atoms with Crippen molar-refractivity contribution >= 4 is 46.3 Å². The van der Waals surface area contributed by atoms with Crippen molar-refractivity contribution in [3.8, 4) is 0 Å². The van der Waals surface area contributed by atoms with E-state index in [1.165, 1.54) is 17.1 Å². The molecule has 1 heterocycles. The average molecular weight is 396 g/mol. The molecule has 0 atom stereocenters. The van der Waals surface area contributed by atoms with Gasteiger partial charge in [0.25, 0.3) is 5.91 Å². The van der Waals surface area contributed by atoms with E-state index in [9.17, 15) is 4.79 Å². The van der Waals surface area contributed by atoms with Crippen molar-refractivity contribution in [1.29, 1.82) is 0 Å². The van der Waals surface area contributed by atoms with Crippen LogP contribution in [0.15, 0.2) is 36.4 Å². The van der Waals surface area contributed by atoms with Crippen LogP contribution in [0.1, 0.15) is 42.3 Å². The molecule has 0 radical (unpaired) electrons. The van der Waals surface area contributed by atoms with E-state index in [-0.39, 0.29) is 16.2 Å². The standard InChI is InChI=1S/C18H19Cl2N3OS/c1-11-5-7-12(8-6-11)16(25)22-23(18(2,3)4)17(24)13-9-14(19)21-15(20)10-13/h5-10H,1-4H3,(H,22,25). The van der Waals surface area contributed by atoms with Gasteiger partial charge in [0.15, 0.2) is 0 Å². The highest BCUT2D eigenvalue weighted by atomic mass is 35.5. The molecule has 25 heavy (non-hydrogen) atoms. The van der Waals surface area contributed by atoms with Crippen LogP contribution in [0.3, 0.4) is 0 Å². The molecule has 0 saturated heterocycles. The molecular formula is C18H19Cl2N3OS. The third-order valence-electron chi connectivity index (χ3n) is 3.41. The van der Waals surface area contributed by atoms with Crippen LogP contribution in [0.5, 0.6) is 0 Å². The number of amides is 1. The van der Waals surface area contributed by atoms with Crippen LogP contribution in [0, 0.1) is 6.92 Å². The third-order valence-corrected chi connectivity index (χ3v) is 4.13. The van der Waals surface area contributed by atoms with Crippen LogP contribution in [-0.4, -0.2) is 26.4 Å². The van der Waals surface area contributed by atoms with Crippen LogP contribution in [-0.2, 0) is 0 Å². The van der Waals surface area contributed by atoms with E-state index in [0.717, 1.165) is 11.1 Å². The summed E-state index contributed by atoms with van der Waals surface area (Å²) in [4.78, 5) is 17.3. The fourth-order valence-corrected chi connectivity index (χ4v) is 2.80. The lowest BCUT2D eigenvalue weighted by molar-refractivity contribution is 0.0500. The first-order chi connectivity index (χ1) is 11.6. The minimum atomic E-state index is -0.534. The number of carbonyl (C=O) groups is 1. The van der Waals surface area contributed by atoms with Gasteiger partial charge in [-0.25, -0.2) is 9.99 Å². The van der Waals surface area contributed by atoms with Crippen molar-refractivity contribution in [3.63, 3.8) is 0 Å². The van der Waals surface area contributed by atoms with Gasteiger partial charge in [0.2, 0.25) is 0 Å². The number of hydrazine groups is 1. The summed E-state index contributed by atoms with van der Waals surface area (Å²) < 4.78 is 0. The minimum Gasteiger partial charge on any atom is -0.284 e. The van der Waals surface area contributed by atoms with Crippen molar-refractivity contribution in [2.45, 2.75) is 33.2 Å². The van der Waals surface area contributed by atoms with Gasteiger partial charge in [-0.15, -0.1) is 0 Å². The molecule has 0 unspecified atom stereocenters. The quantitative estimate of drug-likeness (QED) is 0.449. The highest BCUT2D eigenvalue weighted by molar-refractivity contribution is 7.80. The van der Waals surface area contributed by atoms with Crippen molar-refractivity contribution in [2.75, 3.05) is 0 Å². The first-order valence-corrected chi connectivity index (χ1v) is 8.79. The van der Waals surface area contributed by atoms with Gasteiger partial charge in [-0.2, -0.15) is 0 Å². The van der Waals surface area contributed by atoms with Crippen molar-refractivity contribution in [3.05, 3.63) is 63.4 Å². The van der Waals surface area contributed by atoms with Gasteiger partial charge in [0.05, 0.1) is 5.54 Å². The predicted octanol–water partition coefficient (Wildman–Crippen LogP) is 4.82. The molecule has 2 aromatic rings. The second-order valence-corrected chi connectivity index (χ2v) is 7.80. The number of benzene rings is 1. The maximum absolute atomic E-state index is 13.0.